The molecule has 1 N–H and O–H groups in total. The molecule has 0 atom stereocenters. The van der Waals surface area contributed by atoms with Crippen molar-refractivity contribution in [3.8, 4) is 11.4 Å². The second-order valence-electron chi connectivity index (χ2n) is 6.99. The minimum absolute atomic E-state index is 0.191. The van der Waals surface area contributed by atoms with Gasteiger partial charge >= 0.3 is 0 Å². The number of nitrogens with one attached hydrogen (secondary N) is 1. The molecule has 1 aliphatic heterocycles. The van der Waals surface area contributed by atoms with Gasteiger partial charge in [0.15, 0.2) is 11.4 Å². The molecule has 4 rings (SSSR count). The third-order valence-corrected chi connectivity index (χ3v) is 5.69. The van der Waals surface area contributed by atoms with E-state index in [1.165, 1.54) is 17.0 Å². The fraction of sp³-hybridized carbons (Fsp3) is 0.286. The van der Waals surface area contributed by atoms with Gasteiger partial charge in [0.05, 0.1) is 33.3 Å². The molecule has 0 radical (unpaired) electrons. The zero-order valence-electron chi connectivity index (χ0n) is 15.8. The van der Waals surface area contributed by atoms with E-state index in [4.69, 9.17) is 17.0 Å². The summed E-state index contributed by atoms with van der Waals surface area (Å²) in [7, 11) is 1.66. The van der Waals surface area contributed by atoms with Gasteiger partial charge in [-0.1, -0.05) is 0 Å². The quantitative estimate of drug-likeness (QED) is 0.668. The van der Waals surface area contributed by atoms with Crippen molar-refractivity contribution >= 4 is 17.9 Å². The third-order valence-electron chi connectivity index (χ3n) is 5.25. The van der Waals surface area contributed by atoms with E-state index < -0.39 is 0 Å². The Labute approximate surface area is 169 Å². The van der Waals surface area contributed by atoms with Gasteiger partial charge in [0, 0.05) is 23.8 Å². The van der Waals surface area contributed by atoms with Crippen LogP contribution in [-0.4, -0.2) is 42.4 Å². The summed E-state index contributed by atoms with van der Waals surface area (Å²) in [5, 5.41) is 0. The van der Waals surface area contributed by atoms with Crippen molar-refractivity contribution < 1.29 is 14.0 Å². The minimum atomic E-state index is -0.191. The molecule has 0 spiro atoms. The molecule has 2 heterocycles. The molecule has 1 aliphatic rings. The molecule has 0 unspecified atom stereocenters. The van der Waals surface area contributed by atoms with Crippen LogP contribution >= 0.6 is 12.2 Å². The van der Waals surface area contributed by atoms with E-state index >= 15 is 0 Å². The lowest BCUT2D eigenvalue weighted by atomic mass is 10.2. The fourth-order valence-corrected chi connectivity index (χ4v) is 3.90. The van der Waals surface area contributed by atoms with Gasteiger partial charge in [-0.15, -0.1) is 0 Å². The Morgan fingerprint density at radius 1 is 0.964 bits per heavy atom. The lowest BCUT2D eigenvalue weighted by Crippen LogP contribution is -3.14. The molecule has 1 fully saturated rings. The van der Waals surface area contributed by atoms with E-state index in [1.54, 1.807) is 7.11 Å². The highest BCUT2D eigenvalue weighted by atomic mass is 32.1. The monoisotopic (exact) mass is 399 g/mol. The van der Waals surface area contributed by atoms with Crippen LogP contribution < -0.4 is 14.5 Å². The van der Waals surface area contributed by atoms with Crippen LogP contribution in [0.1, 0.15) is 0 Å². The van der Waals surface area contributed by atoms with E-state index in [1.807, 2.05) is 53.4 Å². The number of hydrogen-bond donors (Lipinski definition) is 1. The van der Waals surface area contributed by atoms with Crippen LogP contribution in [0.4, 0.5) is 10.1 Å². The molecule has 1 aromatic heterocycles. The summed E-state index contributed by atoms with van der Waals surface area (Å²) in [5.74, 6) is 0.641. The Morgan fingerprint density at radius 3 is 2.25 bits per heavy atom. The summed E-state index contributed by atoms with van der Waals surface area (Å²) >= 11 is 5.68. The number of anilines is 1. The maximum Gasteiger partial charge on any atom is 0.188 e. The van der Waals surface area contributed by atoms with E-state index in [9.17, 15) is 4.39 Å². The normalized spacial score (nSPS) is 15.0. The smallest absolute Gasteiger partial charge is 0.188 e. The molecular formula is C21H24FN4OS+. The first-order valence-electron chi connectivity index (χ1n) is 9.40. The molecule has 3 aromatic rings. The van der Waals surface area contributed by atoms with Crippen LogP contribution in [0, 0.1) is 10.6 Å². The van der Waals surface area contributed by atoms with E-state index in [2.05, 4.69) is 9.47 Å². The molecule has 146 valence electrons. The number of ether oxygens (including phenoxy) is 1. The van der Waals surface area contributed by atoms with Gasteiger partial charge in [-0.3, -0.25) is 9.13 Å². The van der Waals surface area contributed by atoms with Crippen LogP contribution in [0.5, 0.6) is 5.75 Å². The van der Waals surface area contributed by atoms with Crippen molar-refractivity contribution in [2.75, 3.05) is 38.2 Å². The number of imidazole rings is 1. The maximum absolute atomic E-state index is 13.1. The lowest BCUT2D eigenvalue weighted by molar-refractivity contribution is -0.923. The first-order chi connectivity index (χ1) is 13.6. The predicted molar refractivity (Wildman–Crippen MR) is 110 cm³/mol. The minimum Gasteiger partial charge on any atom is -0.497 e. The molecule has 1 saturated heterocycles. The van der Waals surface area contributed by atoms with Crippen LogP contribution in [0.3, 0.4) is 0 Å². The van der Waals surface area contributed by atoms with Gasteiger partial charge in [0.2, 0.25) is 0 Å². The summed E-state index contributed by atoms with van der Waals surface area (Å²) in [4.78, 5) is 3.80. The van der Waals surface area contributed by atoms with Crippen molar-refractivity contribution in [1.82, 2.24) is 9.13 Å². The Kier molecular flexibility index (Phi) is 5.45. The van der Waals surface area contributed by atoms with Gasteiger partial charge in [-0.2, -0.15) is 0 Å². The topological polar surface area (TPSA) is 26.8 Å². The van der Waals surface area contributed by atoms with Crippen LogP contribution in [-0.2, 0) is 6.67 Å². The highest BCUT2D eigenvalue weighted by Crippen LogP contribution is 2.16. The predicted octanol–water partition coefficient (Wildman–Crippen LogP) is 2.52. The SMILES string of the molecule is COc1ccc(-n2ccn(C[NH+]3CCN(c4ccc(F)cc4)CC3)c2=S)cc1. The molecular weight excluding hydrogens is 375 g/mol. The molecule has 2 aromatic carbocycles. The van der Waals surface area contributed by atoms with Crippen LogP contribution in [0.15, 0.2) is 60.9 Å². The average Bonchev–Trinajstić information content (AvgIpc) is 3.09. The Bertz CT molecular complexity index is 973. The van der Waals surface area contributed by atoms with Crippen molar-refractivity contribution in [2.24, 2.45) is 0 Å². The van der Waals surface area contributed by atoms with Gasteiger partial charge in [0.25, 0.3) is 0 Å². The lowest BCUT2D eigenvalue weighted by Gasteiger charge is -2.33. The highest BCUT2D eigenvalue weighted by Gasteiger charge is 2.20. The second-order valence-corrected chi connectivity index (χ2v) is 7.36. The first-order valence-corrected chi connectivity index (χ1v) is 9.81. The van der Waals surface area contributed by atoms with Crippen molar-refractivity contribution in [1.29, 1.82) is 0 Å². The van der Waals surface area contributed by atoms with Crippen molar-refractivity contribution in [3.63, 3.8) is 0 Å². The number of methoxy groups -OCH3 is 1. The van der Waals surface area contributed by atoms with Crippen LogP contribution in [0.2, 0.25) is 0 Å². The molecule has 5 nitrogen and oxygen atoms in total. The maximum atomic E-state index is 13.1. The molecule has 7 heteroatoms. The number of benzene rings is 2. The summed E-state index contributed by atoms with van der Waals surface area (Å²) in [6.45, 7) is 4.79. The second kappa shape index (κ2) is 8.16. The Morgan fingerprint density at radius 2 is 1.61 bits per heavy atom. The highest BCUT2D eigenvalue weighted by molar-refractivity contribution is 7.71. The zero-order chi connectivity index (χ0) is 19.5. The van der Waals surface area contributed by atoms with Gasteiger partial charge in [0.1, 0.15) is 11.6 Å². The first kappa shape index (κ1) is 18.7. The van der Waals surface area contributed by atoms with Crippen molar-refractivity contribution in [2.45, 2.75) is 6.67 Å². The summed E-state index contributed by atoms with van der Waals surface area (Å²) < 4.78 is 23.3. The van der Waals surface area contributed by atoms with Crippen molar-refractivity contribution in [3.05, 3.63) is 71.5 Å². The standard InChI is InChI=1S/C21H23FN4OS/c1-27-20-8-6-19(7-9-20)26-15-14-25(21(26)28)16-23-10-12-24(13-11-23)18-4-2-17(22)3-5-18/h2-9,14-15H,10-13,16H2,1H3/p+1. The largest absolute Gasteiger partial charge is 0.497 e. The van der Waals surface area contributed by atoms with Gasteiger partial charge in [-0.25, -0.2) is 4.39 Å². The van der Waals surface area contributed by atoms with E-state index in [0.717, 1.165) is 54.7 Å². The molecule has 0 saturated carbocycles. The summed E-state index contributed by atoms with van der Waals surface area (Å²) in [5.41, 5.74) is 2.11. The molecule has 0 aliphatic carbocycles. The number of rotatable bonds is 5. The fourth-order valence-electron chi connectivity index (χ4n) is 3.60. The number of hydrogen-bond acceptors (Lipinski definition) is 3. The average molecular weight is 400 g/mol. The van der Waals surface area contributed by atoms with Gasteiger partial charge < -0.3 is 14.5 Å². The Hall–Kier alpha value is -2.64. The number of piperazine rings is 1. The number of nitrogens with zero attached hydrogens (tertiary/aromatic N) is 3. The third kappa shape index (κ3) is 3.95. The molecule has 0 bridgehead atoms. The Balaban J connectivity index is 1.39. The van der Waals surface area contributed by atoms with E-state index in [0.29, 0.717) is 0 Å². The van der Waals surface area contributed by atoms with Crippen LogP contribution in [0.25, 0.3) is 5.69 Å². The van der Waals surface area contributed by atoms with Gasteiger partial charge in [-0.05, 0) is 60.7 Å². The van der Waals surface area contributed by atoms with E-state index in [-0.39, 0.29) is 5.82 Å². The number of halogens is 1. The summed E-state index contributed by atoms with van der Waals surface area (Å²) in [6.07, 6.45) is 4.06. The zero-order valence-corrected chi connectivity index (χ0v) is 16.7. The molecule has 28 heavy (non-hydrogen) atoms. The number of quaternary nitrogens is 1. The molecule has 0 amide bonds. The number of aromatic nitrogens is 2. The summed E-state index contributed by atoms with van der Waals surface area (Å²) in [6, 6.07) is 14.6.